The molecule has 3 fully saturated rings. The first kappa shape index (κ1) is 19.8. The molecule has 0 radical (unpaired) electrons. The number of aromatic nitrogens is 3. The van der Waals surface area contributed by atoms with Gasteiger partial charge in [0.25, 0.3) is 12.0 Å². The summed E-state index contributed by atoms with van der Waals surface area (Å²) in [5.74, 6) is -1.05. The summed E-state index contributed by atoms with van der Waals surface area (Å²) < 4.78 is 56.0. The number of hydrogen-bond acceptors (Lipinski definition) is 5. The molecule has 1 N–H and O–H groups in total. The molecule has 2 heterocycles. The Labute approximate surface area is 173 Å². The molecule has 31 heavy (non-hydrogen) atoms. The fourth-order valence-electron chi connectivity index (χ4n) is 4.64. The Bertz CT molecular complexity index is 1240. The minimum atomic E-state index is -2.99. The van der Waals surface area contributed by atoms with E-state index >= 15 is 0 Å². The molecule has 0 saturated heterocycles. The Kier molecular flexibility index (Phi) is 4.42. The van der Waals surface area contributed by atoms with Gasteiger partial charge in [-0.05, 0) is 31.7 Å². The molecule has 6 nitrogen and oxygen atoms in total. The quantitative estimate of drug-likeness (QED) is 0.468. The Balaban J connectivity index is 1.51. The maximum atomic E-state index is 14.4. The fourth-order valence-corrected chi connectivity index (χ4v) is 4.64. The van der Waals surface area contributed by atoms with Crippen molar-refractivity contribution in [1.29, 1.82) is 0 Å². The van der Waals surface area contributed by atoms with E-state index < -0.39 is 29.2 Å². The van der Waals surface area contributed by atoms with Gasteiger partial charge < -0.3 is 9.40 Å². The van der Waals surface area contributed by atoms with Gasteiger partial charge in [0.15, 0.2) is 17.4 Å². The third-order valence-corrected chi connectivity index (χ3v) is 6.09. The summed E-state index contributed by atoms with van der Waals surface area (Å²) in [5.41, 5.74) is 0.547. The molecular weight excluding hydrogens is 416 g/mol. The lowest BCUT2D eigenvalue weighted by Crippen LogP contribution is -2.31. The van der Waals surface area contributed by atoms with Gasteiger partial charge in [0, 0.05) is 24.7 Å². The smallest absolute Gasteiger partial charge is 0.266 e. The molecule has 1 aromatic carbocycles. The summed E-state index contributed by atoms with van der Waals surface area (Å²) in [6.45, 7) is 1.60. The Morgan fingerprint density at radius 3 is 2.71 bits per heavy atom. The highest BCUT2D eigenvalue weighted by Gasteiger charge is 2.57. The number of hydrogen-bond donors (Lipinski definition) is 1. The lowest BCUT2D eigenvalue weighted by Gasteiger charge is -2.30. The number of rotatable bonds is 5. The largest absolute Gasteiger partial charge is 0.378 e. The van der Waals surface area contributed by atoms with E-state index in [9.17, 15) is 22.4 Å². The molecule has 6 rings (SSSR count). The molecule has 0 amide bonds. The van der Waals surface area contributed by atoms with Crippen molar-refractivity contribution >= 4 is 16.7 Å². The first-order chi connectivity index (χ1) is 14.7. The van der Waals surface area contributed by atoms with Gasteiger partial charge in [0.1, 0.15) is 11.5 Å². The van der Waals surface area contributed by atoms with Gasteiger partial charge in [-0.15, -0.1) is 0 Å². The van der Waals surface area contributed by atoms with Gasteiger partial charge in [-0.2, -0.15) is 0 Å². The van der Waals surface area contributed by atoms with Crippen LogP contribution in [0.5, 0.6) is 5.75 Å². The summed E-state index contributed by atoms with van der Waals surface area (Å²) in [7, 11) is 0. The predicted molar refractivity (Wildman–Crippen MR) is 104 cm³/mol. The van der Waals surface area contributed by atoms with E-state index in [0.29, 0.717) is 29.6 Å². The lowest BCUT2D eigenvalue weighted by molar-refractivity contribution is 0.0740. The molecule has 0 spiro atoms. The maximum Gasteiger partial charge on any atom is 0.266 e. The average molecular weight is 434 g/mol. The highest BCUT2D eigenvalue weighted by molar-refractivity contribution is 5.88. The molecule has 2 bridgehead atoms. The third kappa shape index (κ3) is 3.30. The molecule has 3 aromatic rings. The standard InChI is InChI=1S/C21H18F4N4O2/c1-10-26-14-5-17(30)29(15-8-21(25)6-11(15)7-21)9-13(14)20(27-10)28-31-16-4-2-3-12(18(16)22)19(23)24/h2-5,9,11,15,19H,6-8H2,1H3,(H,26,27,28)/t11?,15-,21?/m0/s1. The van der Waals surface area contributed by atoms with Gasteiger partial charge in [-0.1, -0.05) is 12.1 Å². The maximum absolute atomic E-state index is 14.4. The molecule has 3 aliphatic rings. The molecule has 0 aliphatic heterocycles. The number of aryl methyl sites for hydroxylation is 1. The number of halogens is 4. The number of nitrogens with zero attached hydrogens (tertiary/aromatic N) is 3. The third-order valence-electron chi connectivity index (χ3n) is 6.09. The molecule has 10 heteroatoms. The molecule has 2 aromatic heterocycles. The van der Waals surface area contributed by atoms with Crippen LogP contribution in [0.2, 0.25) is 0 Å². The minimum absolute atomic E-state index is 0.102. The van der Waals surface area contributed by atoms with E-state index in [1.807, 2.05) is 0 Å². The molecule has 1 atom stereocenters. The highest BCUT2D eigenvalue weighted by atomic mass is 19.3. The van der Waals surface area contributed by atoms with Crippen molar-refractivity contribution < 1.29 is 22.4 Å². The van der Waals surface area contributed by atoms with Crippen LogP contribution >= 0.6 is 0 Å². The van der Waals surface area contributed by atoms with Gasteiger partial charge in [0.05, 0.1) is 16.5 Å². The van der Waals surface area contributed by atoms with Crippen LogP contribution in [0.1, 0.15) is 43.1 Å². The predicted octanol–water partition coefficient (Wildman–Crippen LogP) is 4.65. The normalized spacial score (nSPS) is 24.5. The van der Waals surface area contributed by atoms with Gasteiger partial charge in [0.2, 0.25) is 0 Å². The first-order valence-corrected chi connectivity index (χ1v) is 9.83. The van der Waals surface area contributed by atoms with Crippen molar-refractivity contribution in [2.24, 2.45) is 5.92 Å². The summed E-state index contributed by atoms with van der Waals surface area (Å²) in [4.78, 5) is 26.4. The fraction of sp³-hybridized carbons (Fsp3) is 0.381. The van der Waals surface area contributed by atoms with Crippen LogP contribution in [0.3, 0.4) is 0 Å². The average Bonchev–Trinajstić information content (AvgIpc) is 3.19. The summed E-state index contributed by atoms with van der Waals surface area (Å²) in [6.07, 6.45) is -0.276. The van der Waals surface area contributed by atoms with E-state index in [0.717, 1.165) is 6.07 Å². The number of anilines is 1. The van der Waals surface area contributed by atoms with E-state index in [-0.39, 0.29) is 29.8 Å². The summed E-state index contributed by atoms with van der Waals surface area (Å²) in [5, 5.41) is 0.410. The second kappa shape index (κ2) is 6.93. The van der Waals surface area contributed by atoms with E-state index in [1.54, 1.807) is 13.1 Å². The second-order valence-corrected chi connectivity index (χ2v) is 8.19. The van der Waals surface area contributed by atoms with Crippen molar-refractivity contribution in [3.63, 3.8) is 0 Å². The van der Waals surface area contributed by atoms with Crippen molar-refractivity contribution in [3.05, 3.63) is 58.0 Å². The number of alkyl halides is 3. The van der Waals surface area contributed by atoms with Crippen LogP contribution in [0, 0.1) is 18.7 Å². The first-order valence-electron chi connectivity index (χ1n) is 9.83. The zero-order valence-corrected chi connectivity index (χ0v) is 16.4. The molecule has 162 valence electrons. The minimum Gasteiger partial charge on any atom is -0.378 e. The van der Waals surface area contributed by atoms with Crippen LogP contribution < -0.4 is 15.9 Å². The van der Waals surface area contributed by atoms with E-state index in [2.05, 4.69) is 15.4 Å². The number of benzene rings is 1. The van der Waals surface area contributed by atoms with Crippen LogP contribution in [0.15, 0.2) is 35.3 Å². The molecule has 3 aliphatic carbocycles. The van der Waals surface area contributed by atoms with Crippen molar-refractivity contribution in [3.8, 4) is 5.75 Å². The van der Waals surface area contributed by atoms with Crippen LogP contribution in [-0.2, 0) is 0 Å². The highest BCUT2D eigenvalue weighted by Crippen LogP contribution is 2.59. The number of nitrogens with one attached hydrogen (secondary N) is 1. The van der Waals surface area contributed by atoms with E-state index in [4.69, 9.17) is 4.84 Å². The van der Waals surface area contributed by atoms with Crippen molar-refractivity contribution in [1.82, 2.24) is 14.5 Å². The molecule has 3 saturated carbocycles. The SMILES string of the molecule is Cc1nc(NOc2cccc(C(F)F)c2F)c2cn([C@H]3CC4(F)CC3C4)c(=O)cc2n1. The second-order valence-electron chi connectivity index (χ2n) is 8.19. The monoisotopic (exact) mass is 434 g/mol. The van der Waals surface area contributed by atoms with Crippen LogP contribution in [0.4, 0.5) is 23.4 Å². The summed E-state index contributed by atoms with van der Waals surface area (Å²) in [6, 6.07) is 4.51. The summed E-state index contributed by atoms with van der Waals surface area (Å²) >= 11 is 0. The molecular formula is C21H18F4N4O2. The van der Waals surface area contributed by atoms with Gasteiger partial charge >= 0.3 is 0 Å². The Morgan fingerprint density at radius 1 is 1.26 bits per heavy atom. The number of fused-ring (bicyclic) bond motifs is 2. The Morgan fingerprint density at radius 2 is 2.03 bits per heavy atom. The van der Waals surface area contributed by atoms with Gasteiger partial charge in [-0.25, -0.2) is 33.0 Å². The van der Waals surface area contributed by atoms with Gasteiger partial charge in [-0.3, -0.25) is 4.79 Å². The number of pyridine rings is 1. The lowest BCUT2D eigenvalue weighted by atomic mass is 9.81. The van der Waals surface area contributed by atoms with Crippen molar-refractivity contribution in [2.45, 2.75) is 44.3 Å². The Hall–Kier alpha value is -3.17. The zero-order valence-electron chi connectivity index (χ0n) is 16.4. The van der Waals surface area contributed by atoms with E-state index in [1.165, 1.54) is 22.8 Å². The van der Waals surface area contributed by atoms with Crippen LogP contribution in [0.25, 0.3) is 10.9 Å². The van der Waals surface area contributed by atoms with Crippen LogP contribution in [-0.4, -0.2) is 20.2 Å². The zero-order chi connectivity index (χ0) is 21.9. The van der Waals surface area contributed by atoms with Crippen molar-refractivity contribution in [2.75, 3.05) is 5.48 Å². The molecule has 0 unspecified atom stereocenters. The topological polar surface area (TPSA) is 69.0 Å².